The summed E-state index contributed by atoms with van der Waals surface area (Å²) in [6.07, 6.45) is 3.44. The Balaban J connectivity index is 1.98. The average Bonchev–Trinajstić information content (AvgIpc) is 2.83. The lowest BCUT2D eigenvalue weighted by molar-refractivity contribution is 0.580. The summed E-state index contributed by atoms with van der Waals surface area (Å²) in [5.74, 6) is -0.0230. The summed E-state index contributed by atoms with van der Waals surface area (Å²) >= 11 is 0. The van der Waals surface area contributed by atoms with Crippen LogP contribution in [0.1, 0.15) is 16.7 Å². The Labute approximate surface area is 125 Å². The molecule has 2 rings (SSSR count). The van der Waals surface area contributed by atoms with Gasteiger partial charge in [-0.1, -0.05) is 24.3 Å². The average molecular weight is 308 g/mol. The highest BCUT2D eigenvalue weighted by Crippen LogP contribution is 2.09. The minimum absolute atomic E-state index is 0.0230. The SMILES string of the molecule is CNCc1cccc(CS(=O)(=O)NCc2cnn(C)c2)c1. The van der Waals surface area contributed by atoms with Crippen LogP contribution in [0.2, 0.25) is 0 Å². The largest absolute Gasteiger partial charge is 0.316 e. The van der Waals surface area contributed by atoms with Gasteiger partial charge in [0, 0.05) is 31.9 Å². The van der Waals surface area contributed by atoms with Gasteiger partial charge in [-0.3, -0.25) is 4.68 Å². The molecule has 1 aromatic heterocycles. The number of benzene rings is 1. The molecule has 21 heavy (non-hydrogen) atoms. The van der Waals surface area contributed by atoms with Crippen LogP contribution in [0.5, 0.6) is 0 Å². The summed E-state index contributed by atoms with van der Waals surface area (Å²) in [5, 5.41) is 7.06. The molecule has 0 aliphatic carbocycles. The first-order chi connectivity index (χ1) is 9.98. The first kappa shape index (κ1) is 15.7. The smallest absolute Gasteiger partial charge is 0.216 e. The van der Waals surface area contributed by atoms with Crippen molar-refractivity contribution in [2.75, 3.05) is 7.05 Å². The maximum absolute atomic E-state index is 12.1. The van der Waals surface area contributed by atoms with Crippen molar-refractivity contribution in [2.45, 2.75) is 18.8 Å². The summed E-state index contributed by atoms with van der Waals surface area (Å²) in [5.41, 5.74) is 2.68. The topological polar surface area (TPSA) is 76.0 Å². The number of hydrogen-bond donors (Lipinski definition) is 2. The lowest BCUT2D eigenvalue weighted by Gasteiger charge is -2.07. The third kappa shape index (κ3) is 4.96. The van der Waals surface area contributed by atoms with E-state index in [1.54, 1.807) is 24.1 Å². The highest BCUT2D eigenvalue weighted by Gasteiger charge is 2.12. The van der Waals surface area contributed by atoms with Crippen molar-refractivity contribution < 1.29 is 8.42 Å². The van der Waals surface area contributed by atoms with Crippen molar-refractivity contribution in [2.24, 2.45) is 7.05 Å². The Morgan fingerprint density at radius 2 is 1.95 bits per heavy atom. The van der Waals surface area contributed by atoms with Crippen LogP contribution >= 0.6 is 0 Å². The fourth-order valence-corrected chi connectivity index (χ4v) is 3.17. The lowest BCUT2D eigenvalue weighted by Crippen LogP contribution is -2.24. The molecule has 114 valence electrons. The first-order valence-electron chi connectivity index (χ1n) is 6.66. The van der Waals surface area contributed by atoms with E-state index in [1.165, 1.54) is 0 Å². The Hall–Kier alpha value is -1.70. The van der Waals surface area contributed by atoms with Crippen molar-refractivity contribution in [1.29, 1.82) is 0 Å². The predicted octanol–water partition coefficient (Wildman–Crippen LogP) is 0.759. The standard InChI is InChI=1S/C14H20N4O2S/c1-15-7-12-4-3-5-13(6-12)11-21(19,20)17-9-14-8-16-18(2)10-14/h3-6,8,10,15,17H,7,9,11H2,1-2H3. The molecule has 0 bridgehead atoms. The number of nitrogens with zero attached hydrogens (tertiary/aromatic N) is 2. The Kier molecular flexibility index (Phi) is 5.11. The molecule has 1 aromatic carbocycles. The molecule has 0 aliphatic rings. The number of nitrogens with one attached hydrogen (secondary N) is 2. The van der Waals surface area contributed by atoms with E-state index < -0.39 is 10.0 Å². The third-order valence-corrected chi connectivity index (χ3v) is 4.28. The molecular weight excluding hydrogens is 288 g/mol. The van der Waals surface area contributed by atoms with E-state index in [-0.39, 0.29) is 12.3 Å². The number of sulfonamides is 1. The van der Waals surface area contributed by atoms with Gasteiger partial charge in [-0.25, -0.2) is 13.1 Å². The van der Waals surface area contributed by atoms with Crippen LogP contribution < -0.4 is 10.0 Å². The van der Waals surface area contributed by atoms with Gasteiger partial charge in [0.2, 0.25) is 10.0 Å². The van der Waals surface area contributed by atoms with Crippen LogP contribution in [0.4, 0.5) is 0 Å². The fraction of sp³-hybridized carbons (Fsp3) is 0.357. The van der Waals surface area contributed by atoms with E-state index >= 15 is 0 Å². The van der Waals surface area contributed by atoms with Crippen LogP contribution in [-0.2, 0) is 35.9 Å². The molecule has 0 unspecified atom stereocenters. The van der Waals surface area contributed by atoms with Crippen LogP contribution in [-0.4, -0.2) is 25.2 Å². The zero-order valence-corrected chi connectivity index (χ0v) is 13.0. The second kappa shape index (κ2) is 6.84. The monoisotopic (exact) mass is 308 g/mol. The molecule has 7 heteroatoms. The molecule has 0 amide bonds. The second-order valence-electron chi connectivity index (χ2n) is 4.95. The van der Waals surface area contributed by atoms with E-state index in [2.05, 4.69) is 15.1 Å². The summed E-state index contributed by atoms with van der Waals surface area (Å²) in [6.45, 7) is 0.976. The summed E-state index contributed by atoms with van der Waals surface area (Å²) in [6, 6.07) is 7.57. The van der Waals surface area contributed by atoms with E-state index in [0.29, 0.717) is 0 Å². The van der Waals surface area contributed by atoms with Gasteiger partial charge in [-0.15, -0.1) is 0 Å². The van der Waals surface area contributed by atoms with Crippen molar-refractivity contribution in [3.8, 4) is 0 Å². The summed E-state index contributed by atoms with van der Waals surface area (Å²) < 4.78 is 28.4. The zero-order chi connectivity index (χ0) is 15.3. The third-order valence-electron chi connectivity index (χ3n) is 2.98. The molecule has 0 fully saturated rings. The van der Waals surface area contributed by atoms with Crippen LogP contribution in [0.3, 0.4) is 0 Å². The molecule has 6 nitrogen and oxygen atoms in total. The number of aryl methyl sites for hydroxylation is 1. The van der Waals surface area contributed by atoms with E-state index in [1.807, 2.05) is 31.3 Å². The van der Waals surface area contributed by atoms with Gasteiger partial charge in [-0.2, -0.15) is 5.10 Å². The number of rotatable bonds is 7. The molecule has 0 atom stereocenters. The molecule has 2 N–H and O–H groups in total. The van der Waals surface area contributed by atoms with Gasteiger partial charge in [-0.05, 0) is 18.2 Å². The van der Waals surface area contributed by atoms with Gasteiger partial charge in [0.1, 0.15) is 0 Å². The predicted molar refractivity (Wildman–Crippen MR) is 81.9 cm³/mol. The van der Waals surface area contributed by atoms with Crippen LogP contribution in [0, 0.1) is 0 Å². The molecule has 1 heterocycles. The first-order valence-corrected chi connectivity index (χ1v) is 8.31. The van der Waals surface area contributed by atoms with Gasteiger partial charge in [0.15, 0.2) is 0 Å². The van der Waals surface area contributed by atoms with E-state index in [4.69, 9.17) is 0 Å². The van der Waals surface area contributed by atoms with Gasteiger partial charge < -0.3 is 5.32 Å². The lowest BCUT2D eigenvalue weighted by atomic mass is 10.1. The quantitative estimate of drug-likeness (QED) is 0.792. The zero-order valence-electron chi connectivity index (χ0n) is 12.2. The molecule has 0 radical (unpaired) electrons. The maximum Gasteiger partial charge on any atom is 0.216 e. The Morgan fingerprint density at radius 3 is 2.62 bits per heavy atom. The van der Waals surface area contributed by atoms with Crippen LogP contribution in [0.25, 0.3) is 0 Å². The second-order valence-corrected chi connectivity index (χ2v) is 6.76. The molecular formula is C14H20N4O2S. The number of aromatic nitrogens is 2. The molecule has 0 aliphatic heterocycles. The maximum atomic E-state index is 12.1. The fourth-order valence-electron chi connectivity index (χ4n) is 2.06. The summed E-state index contributed by atoms with van der Waals surface area (Å²) in [7, 11) is 0.294. The normalized spacial score (nSPS) is 11.7. The highest BCUT2D eigenvalue weighted by molar-refractivity contribution is 7.88. The van der Waals surface area contributed by atoms with Crippen molar-refractivity contribution in [3.63, 3.8) is 0 Å². The Morgan fingerprint density at radius 1 is 1.19 bits per heavy atom. The Bertz CT molecular complexity index is 695. The molecule has 2 aromatic rings. The van der Waals surface area contributed by atoms with Crippen molar-refractivity contribution >= 4 is 10.0 Å². The van der Waals surface area contributed by atoms with Crippen LogP contribution in [0.15, 0.2) is 36.7 Å². The minimum Gasteiger partial charge on any atom is -0.316 e. The van der Waals surface area contributed by atoms with Crippen molar-refractivity contribution in [3.05, 3.63) is 53.3 Å². The van der Waals surface area contributed by atoms with E-state index in [0.717, 1.165) is 23.2 Å². The van der Waals surface area contributed by atoms with Gasteiger partial charge in [0.25, 0.3) is 0 Å². The highest BCUT2D eigenvalue weighted by atomic mass is 32.2. The molecule has 0 saturated carbocycles. The molecule has 0 saturated heterocycles. The van der Waals surface area contributed by atoms with Crippen molar-refractivity contribution in [1.82, 2.24) is 19.8 Å². The summed E-state index contributed by atoms with van der Waals surface area (Å²) in [4.78, 5) is 0. The molecule has 0 spiro atoms. The van der Waals surface area contributed by atoms with Gasteiger partial charge in [0.05, 0.1) is 11.9 Å². The number of hydrogen-bond acceptors (Lipinski definition) is 4. The minimum atomic E-state index is -3.36. The van der Waals surface area contributed by atoms with Gasteiger partial charge >= 0.3 is 0 Å². The van der Waals surface area contributed by atoms with E-state index in [9.17, 15) is 8.42 Å².